The molecular formula is C21H18FN3O3S. The second-order valence-electron chi connectivity index (χ2n) is 6.03. The van der Waals surface area contributed by atoms with Crippen molar-refractivity contribution < 1.29 is 18.8 Å². The Labute approximate surface area is 170 Å². The van der Waals surface area contributed by atoms with Crippen LogP contribution >= 0.6 is 11.3 Å². The van der Waals surface area contributed by atoms with Gasteiger partial charge in [-0.15, -0.1) is 11.3 Å². The van der Waals surface area contributed by atoms with Crippen molar-refractivity contribution in [2.45, 2.75) is 0 Å². The molecule has 1 heterocycles. The zero-order valence-corrected chi connectivity index (χ0v) is 16.1. The zero-order valence-electron chi connectivity index (χ0n) is 15.3. The first-order valence-corrected chi connectivity index (χ1v) is 9.68. The smallest absolute Gasteiger partial charge is 0.261 e. The fourth-order valence-electron chi connectivity index (χ4n) is 2.46. The molecule has 2 aromatic carbocycles. The quantitative estimate of drug-likeness (QED) is 0.522. The van der Waals surface area contributed by atoms with E-state index in [1.807, 2.05) is 5.38 Å². The summed E-state index contributed by atoms with van der Waals surface area (Å²) in [4.78, 5) is 36.7. The van der Waals surface area contributed by atoms with Gasteiger partial charge in [0.15, 0.2) is 0 Å². The number of thiophene rings is 1. The number of rotatable bonds is 7. The van der Waals surface area contributed by atoms with Crippen LogP contribution < -0.4 is 16.0 Å². The first kappa shape index (κ1) is 20.2. The minimum Gasteiger partial charge on any atom is -0.350 e. The van der Waals surface area contributed by atoms with Gasteiger partial charge in [-0.3, -0.25) is 14.4 Å². The molecule has 0 aliphatic rings. The summed E-state index contributed by atoms with van der Waals surface area (Å²) >= 11 is 1.35. The Morgan fingerprint density at radius 2 is 1.34 bits per heavy atom. The van der Waals surface area contributed by atoms with Gasteiger partial charge in [0.2, 0.25) is 0 Å². The van der Waals surface area contributed by atoms with Crippen LogP contribution in [0.4, 0.5) is 10.1 Å². The molecule has 3 aromatic rings. The average molecular weight is 411 g/mol. The monoisotopic (exact) mass is 411 g/mol. The van der Waals surface area contributed by atoms with Gasteiger partial charge in [0.1, 0.15) is 5.82 Å². The van der Waals surface area contributed by atoms with E-state index in [4.69, 9.17) is 0 Å². The van der Waals surface area contributed by atoms with Gasteiger partial charge in [0, 0.05) is 29.9 Å². The van der Waals surface area contributed by atoms with Gasteiger partial charge < -0.3 is 16.0 Å². The number of hydrogen-bond acceptors (Lipinski definition) is 4. The van der Waals surface area contributed by atoms with Crippen molar-refractivity contribution in [3.8, 4) is 0 Å². The number of anilines is 1. The van der Waals surface area contributed by atoms with Crippen molar-refractivity contribution in [2.24, 2.45) is 0 Å². The van der Waals surface area contributed by atoms with E-state index < -0.39 is 5.82 Å². The summed E-state index contributed by atoms with van der Waals surface area (Å²) in [6.07, 6.45) is 0. The molecular weight excluding hydrogens is 393 g/mol. The molecule has 1 aromatic heterocycles. The minimum atomic E-state index is -0.414. The van der Waals surface area contributed by atoms with Crippen LogP contribution in [0, 0.1) is 5.82 Å². The van der Waals surface area contributed by atoms with Gasteiger partial charge >= 0.3 is 0 Å². The van der Waals surface area contributed by atoms with Crippen LogP contribution in [-0.2, 0) is 0 Å². The molecule has 0 aliphatic heterocycles. The van der Waals surface area contributed by atoms with Crippen LogP contribution in [0.1, 0.15) is 30.4 Å². The van der Waals surface area contributed by atoms with Crippen molar-refractivity contribution in [1.29, 1.82) is 0 Å². The molecule has 0 saturated carbocycles. The number of nitrogens with one attached hydrogen (secondary N) is 3. The third-order valence-electron chi connectivity index (χ3n) is 3.95. The first-order chi connectivity index (χ1) is 14.0. The molecule has 0 aliphatic carbocycles. The van der Waals surface area contributed by atoms with E-state index in [0.717, 1.165) is 0 Å². The number of hydrogen-bond donors (Lipinski definition) is 3. The summed E-state index contributed by atoms with van der Waals surface area (Å²) in [5, 5.41) is 9.95. The summed E-state index contributed by atoms with van der Waals surface area (Å²) in [6, 6.07) is 15.1. The SMILES string of the molecule is O=C(NCCNC(=O)c1cccs1)c1ccc(NC(=O)c2ccc(F)cc2)cc1. The summed E-state index contributed by atoms with van der Waals surface area (Å²) < 4.78 is 12.9. The summed E-state index contributed by atoms with van der Waals surface area (Å²) in [5.74, 6) is -1.24. The predicted octanol–water partition coefficient (Wildman–Crippen LogP) is 3.30. The number of amides is 3. The number of benzene rings is 2. The Hall–Kier alpha value is -3.52. The molecule has 0 radical (unpaired) electrons. The molecule has 0 fully saturated rings. The summed E-state index contributed by atoms with van der Waals surface area (Å²) in [6.45, 7) is 0.604. The maximum atomic E-state index is 12.9. The highest BCUT2D eigenvalue weighted by Gasteiger charge is 2.09. The van der Waals surface area contributed by atoms with Crippen molar-refractivity contribution in [3.05, 3.63) is 87.9 Å². The van der Waals surface area contributed by atoms with Crippen molar-refractivity contribution in [3.63, 3.8) is 0 Å². The largest absolute Gasteiger partial charge is 0.350 e. The van der Waals surface area contributed by atoms with Gasteiger partial charge in [-0.2, -0.15) is 0 Å². The molecule has 148 valence electrons. The van der Waals surface area contributed by atoms with E-state index in [0.29, 0.717) is 34.8 Å². The number of carbonyl (C=O) groups excluding carboxylic acids is 3. The molecule has 6 nitrogen and oxygen atoms in total. The second-order valence-corrected chi connectivity index (χ2v) is 6.98. The Balaban J connectivity index is 1.45. The highest BCUT2D eigenvalue weighted by Crippen LogP contribution is 2.12. The average Bonchev–Trinajstić information content (AvgIpc) is 3.27. The topological polar surface area (TPSA) is 87.3 Å². The van der Waals surface area contributed by atoms with Crippen LogP contribution in [0.3, 0.4) is 0 Å². The van der Waals surface area contributed by atoms with E-state index in [1.165, 1.54) is 35.6 Å². The van der Waals surface area contributed by atoms with Crippen molar-refractivity contribution >= 4 is 34.7 Å². The Morgan fingerprint density at radius 1 is 0.759 bits per heavy atom. The minimum absolute atomic E-state index is 0.171. The molecule has 8 heteroatoms. The number of carbonyl (C=O) groups is 3. The fraction of sp³-hybridized carbons (Fsp3) is 0.0952. The van der Waals surface area contributed by atoms with E-state index in [2.05, 4.69) is 16.0 Å². The van der Waals surface area contributed by atoms with Crippen molar-refractivity contribution in [1.82, 2.24) is 10.6 Å². The summed E-state index contributed by atoms with van der Waals surface area (Å²) in [7, 11) is 0. The molecule has 3 rings (SSSR count). The molecule has 0 atom stereocenters. The third-order valence-corrected chi connectivity index (χ3v) is 4.82. The van der Waals surface area contributed by atoms with Gasteiger partial charge in [-0.1, -0.05) is 6.07 Å². The van der Waals surface area contributed by atoms with E-state index in [-0.39, 0.29) is 17.7 Å². The fourth-order valence-corrected chi connectivity index (χ4v) is 3.10. The van der Waals surface area contributed by atoms with E-state index in [9.17, 15) is 18.8 Å². The van der Waals surface area contributed by atoms with Crippen molar-refractivity contribution in [2.75, 3.05) is 18.4 Å². The molecule has 3 N–H and O–H groups in total. The lowest BCUT2D eigenvalue weighted by atomic mass is 10.1. The zero-order chi connectivity index (χ0) is 20.6. The maximum absolute atomic E-state index is 12.9. The summed E-state index contributed by atoms with van der Waals surface area (Å²) in [5.41, 5.74) is 1.27. The molecule has 0 unspecified atom stereocenters. The van der Waals surface area contributed by atoms with Crippen LogP contribution in [0.2, 0.25) is 0 Å². The van der Waals surface area contributed by atoms with Crippen LogP contribution in [0.5, 0.6) is 0 Å². The van der Waals surface area contributed by atoms with E-state index in [1.54, 1.807) is 36.4 Å². The second kappa shape index (κ2) is 9.61. The number of halogens is 1. The molecule has 0 spiro atoms. The van der Waals surface area contributed by atoms with Crippen LogP contribution in [0.25, 0.3) is 0 Å². The van der Waals surface area contributed by atoms with E-state index >= 15 is 0 Å². The van der Waals surface area contributed by atoms with Crippen LogP contribution in [-0.4, -0.2) is 30.8 Å². The highest BCUT2D eigenvalue weighted by atomic mass is 32.1. The Morgan fingerprint density at radius 3 is 1.97 bits per heavy atom. The predicted molar refractivity (Wildman–Crippen MR) is 110 cm³/mol. The molecule has 3 amide bonds. The maximum Gasteiger partial charge on any atom is 0.261 e. The lowest BCUT2D eigenvalue weighted by Gasteiger charge is -2.08. The molecule has 0 saturated heterocycles. The van der Waals surface area contributed by atoms with Gasteiger partial charge in [0.25, 0.3) is 17.7 Å². The molecule has 0 bridgehead atoms. The van der Waals surface area contributed by atoms with Gasteiger partial charge in [0.05, 0.1) is 4.88 Å². The lowest BCUT2D eigenvalue weighted by Crippen LogP contribution is -2.34. The van der Waals surface area contributed by atoms with Gasteiger partial charge in [-0.25, -0.2) is 4.39 Å². The van der Waals surface area contributed by atoms with Crippen LogP contribution in [0.15, 0.2) is 66.0 Å². The third kappa shape index (κ3) is 5.73. The lowest BCUT2D eigenvalue weighted by molar-refractivity contribution is 0.0929. The normalized spacial score (nSPS) is 10.2. The highest BCUT2D eigenvalue weighted by molar-refractivity contribution is 7.12. The standard InChI is InChI=1S/C21H18FN3O3S/c22-16-7-3-15(4-8-16)20(27)25-17-9-5-14(6-10-17)19(26)23-11-12-24-21(28)18-2-1-13-29-18/h1-10,13H,11-12H2,(H,23,26)(H,24,28)(H,25,27). The Bertz CT molecular complexity index is 987. The molecule has 29 heavy (non-hydrogen) atoms. The Kier molecular flexibility index (Phi) is 6.70. The first-order valence-electron chi connectivity index (χ1n) is 8.80. The van der Waals surface area contributed by atoms with Gasteiger partial charge in [-0.05, 0) is 60.0 Å².